The molecule has 3 N–H and O–H groups in total. The molecule has 0 aliphatic heterocycles. The van der Waals surface area contributed by atoms with Gasteiger partial charge in [0.15, 0.2) is 0 Å². The SMILES string of the molecule is CC(C)(CC(C)(Cc1cc2ccncc2[nH]1)C(F)(F)F)c1cc(F)ccc1N. The maximum absolute atomic E-state index is 14.1. The predicted molar refractivity (Wildman–Crippen MR) is 102 cm³/mol. The number of anilines is 1. The van der Waals surface area contributed by atoms with Crippen molar-refractivity contribution >= 4 is 16.6 Å². The number of pyridine rings is 1. The number of alkyl halides is 3. The molecule has 3 nitrogen and oxygen atoms in total. The number of halogens is 4. The predicted octanol–water partition coefficient (Wildman–Crippen LogP) is 5.76. The third-order valence-electron chi connectivity index (χ3n) is 5.32. The summed E-state index contributed by atoms with van der Waals surface area (Å²) in [5.41, 5.74) is 4.76. The third kappa shape index (κ3) is 3.84. The molecule has 0 bridgehead atoms. The van der Waals surface area contributed by atoms with Crippen LogP contribution in [0.1, 0.15) is 38.4 Å². The lowest BCUT2D eigenvalue weighted by atomic mass is 9.68. The van der Waals surface area contributed by atoms with E-state index in [2.05, 4.69) is 9.97 Å². The van der Waals surface area contributed by atoms with Crippen LogP contribution in [0.2, 0.25) is 0 Å². The third-order valence-corrected chi connectivity index (χ3v) is 5.32. The Balaban J connectivity index is 1.98. The summed E-state index contributed by atoms with van der Waals surface area (Å²) in [6.45, 7) is 4.53. The molecule has 1 aromatic carbocycles. The summed E-state index contributed by atoms with van der Waals surface area (Å²) in [5.74, 6) is -0.519. The van der Waals surface area contributed by atoms with E-state index in [0.717, 1.165) is 5.39 Å². The highest BCUT2D eigenvalue weighted by Gasteiger charge is 2.53. The number of H-pyrrole nitrogens is 1. The summed E-state index contributed by atoms with van der Waals surface area (Å²) >= 11 is 0. The molecular formula is C21H23F4N3. The second kappa shape index (κ2) is 6.79. The van der Waals surface area contributed by atoms with Gasteiger partial charge in [-0.25, -0.2) is 4.39 Å². The number of hydrogen-bond donors (Lipinski definition) is 2. The van der Waals surface area contributed by atoms with Crippen molar-refractivity contribution in [2.45, 2.75) is 45.2 Å². The molecule has 3 aromatic rings. The van der Waals surface area contributed by atoms with Crippen LogP contribution < -0.4 is 5.73 Å². The van der Waals surface area contributed by atoms with Crippen molar-refractivity contribution < 1.29 is 17.6 Å². The Bertz CT molecular complexity index is 958. The number of hydrogen-bond acceptors (Lipinski definition) is 2. The highest BCUT2D eigenvalue weighted by atomic mass is 19.4. The van der Waals surface area contributed by atoms with E-state index in [0.29, 0.717) is 16.8 Å². The minimum absolute atomic E-state index is 0.232. The Kier molecular flexibility index (Phi) is 4.89. The van der Waals surface area contributed by atoms with E-state index >= 15 is 0 Å². The normalized spacial score (nSPS) is 15.0. The molecule has 0 spiro atoms. The fourth-order valence-electron chi connectivity index (χ4n) is 4.00. The Labute approximate surface area is 161 Å². The van der Waals surface area contributed by atoms with E-state index in [1.54, 1.807) is 38.4 Å². The van der Waals surface area contributed by atoms with E-state index < -0.39 is 22.8 Å². The van der Waals surface area contributed by atoms with Gasteiger partial charge in [0.05, 0.1) is 17.1 Å². The molecule has 0 saturated carbocycles. The topological polar surface area (TPSA) is 54.7 Å². The van der Waals surface area contributed by atoms with E-state index in [9.17, 15) is 17.6 Å². The molecule has 0 fully saturated rings. The van der Waals surface area contributed by atoms with Crippen LogP contribution in [0.15, 0.2) is 42.7 Å². The first kappa shape index (κ1) is 20.2. The fourth-order valence-corrected chi connectivity index (χ4v) is 4.00. The highest BCUT2D eigenvalue weighted by molar-refractivity contribution is 5.79. The molecule has 0 amide bonds. The first-order chi connectivity index (χ1) is 12.9. The lowest BCUT2D eigenvalue weighted by Crippen LogP contribution is -2.42. The Hall–Kier alpha value is -2.57. The minimum atomic E-state index is -4.46. The van der Waals surface area contributed by atoms with Gasteiger partial charge in [-0.1, -0.05) is 20.8 Å². The Morgan fingerprint density at radius 2 is 1.79 bits per heavy atom. The highest BCUT2D eigenvalue weighted by Crippen LogP contribution is 2.49. The van der Waals surface area contributed by atoms with Gasteiger partial charge in [-0.2, -0.15) is 13.2 Å². The summed E-state index contributed by atoms with van der Waals surface area (Å²) in [5, 5.41) is 0.808. The van der Waals surface area contributed by atoms with Gasteiger partial charge >= 0.3 is 6.18 Å². The average molecular weight is 393 g/mol. The molecule has 7 heteroatoms. The summed E-state index contributed by atoms with van der Waals surface area (Å²) < 4.78 is 56.1. The first-order valence-electron chi connectivity index (χ1n) is 8.95. The molecule has 0 saturated heterocycles. The van der Waals surface area contributed by atoms with Gasteiger partial charge < -0.3 is 10.7 Å². The van der Waals surface area contributed by atoms with Crippen LogP contribution in [0.4, 0.5) is 23.2 Å². The second-order valence-corrected chi connectivity index (χ2v) is 8.28. The van der Waals surface area contributed by atoms with Gasteiger partial charge in [-0.3, -0.25) is 4.98 Å². The van der Waals surface area contributed by atoms with Crippen LogP contribution >= 0.6 is 0 Å². The molecule has 0 radical (unpaired) electrons. The van der Waals surface area contributed by atoms with E-state index in [1.165, 1.54) is 25.1 Å². The number of aromatic amines is 1. The van der Waals surface area contributed by atoms with Crippen molar-refractivity contribution in [3.8, 4) is 0 Å². The van der Waals surface area contributed by atoms with Crippen molar-refractivity contribution in [1.29, 1.82) is 0 Å². The quantitative estimate of drug-likeness (QED) is 0.427. The standard InChI is InChI=1S/C21H23F4N3/c1-19(2,16-9-14(22)4-5-17(16)26)12-20(3,21(23,24)25)10-15-8-13-6-7-27-11-18(13)28-15/h4-9,11,28H,10,12,26H2,1-3H3. The number of rotatable bonds is 5. The molecule has 2 aromatic heterocycles. The molecule has 1 atom stereocenters. The lowest BCUT2D eigenvalue weighted by Gasteiger charge is -2.39. The maximum atomic E-state index is 14.1. The summed E-state index contributed by atoms with van der Waals surface area (Å²) in [4.78, 5) is 7.01. The van der Waals surface area contributed by atoms with Gasteiger partial charge in [-0.05, 0) is 47.7 Å². The van der Waals surface area contributed by atoms with Crippen LogP contribution in [-0.2, 0) is 11.8 Å². The molecule has 1 unspecified atom stereocenters. The number of nitrogens with two attached hydrogens (primary N) is 1. The molecule has 0 aliphatic carbocycles. The van der Waals surface area contributed by atoms with Gasteiger partial charge in [0.2, 0.25) is 0 Å². The number of nitrogens with zero attached hydrogens (tertiary/aromatic N) is 1. The van der Waals surface area contributed by atoms with Crippen LogP contribution in [0.3, 0.4) is 0 Å². The summed E-state index contributed by atoms with van der Waals surface area (Å²) in [6, 6.07) is 7.28. The second-order valence-electron chi connectivity index (χ2n) is 8.28. The van der Waals surface area contributed by atoms with Gasteiger partial charge in [0.25, 0.3) is 0 Å². The molecular weight excluding hydrogens is 370 g/mol. The molecule has 150 valence electrons. The van der Waals surface area contributed by atoms with E-state index in [1.807, 2.05) is 0 Å². The average Bonchev–Trinajstić information content (AvgIpc) is 2.97. The zero-order valence-corrected chi connectivity index (χ0v) is 16.0. The number of nitrogen functional groups attached to an aromatic ring is 1. The number of aromatic nitrogens is 2. The van der Waals surface area contributed by atoms with E-state index in [-0.39, 0.29) is 18.5 Å². The van der Waals surface area contributed by atoms with Crippen LogP contribution in [0, 0.1) is 11.2 Å². The van der Waals surface area contributed by atoms with Crippen molar-refractivity contribution in [2.75, 3.05) is 5.73 Å². The largest absolute Gasteiger partial charge is 0.398 e. The van der Waals surface area contributed by atoms with E-state index in [4.69, 9.17) is 5.73 Å². The van der Waals surface area contributed by atoms with Crippen molar-refractivity contribution in [3.63, 3.8) is 0 Å². The molecule has 0 aliphatic rings. The number of benzene rings is 1. The Morgan fingerprint density at radius 1 is 1.07 bits per heavy atom. The molecule has 3 rings (SSSR count). The van der Waals surface area contributed by atoms with Crippen molar-refractivity contribution in [3.05, 3.63) is 59.8 Å². The van der Waals surface area contributed by atoms with Crippen molar-refractivity contribution in [2.24, 2.45) is 5.41 Å². The smallest absolute Gasteiger partial charge is 0.394 e. The zero-order valence-electron chi connectivity index (χ0n) is 16.0. The van der Waals surface area contributed by atoms with Gasteiger partial charge in [-0.15, -0.1) is 0 Å². The van der Waals surface area contributed by atoms with Crippen molar-refractivity contribution in [1.82, 2.24) is 9.97 Å². The molecule has 28 heavy (non-hydrogen) atoms. The van der Waals surface area contributed by atoms with Gasteiger partial charge in [0, 0.05) is 29.4 Å². The number of fused-ring (bicyclic) bond motifs is 1. The van der Waals surface area contributed by atoms with Crippen LogP contribution in [0.5, 0.6) is 0 Å². The fraction of sp³-hybridized carbons (Fsp3) is 0.381. The first-order valence-corrected chi connectivity index (χ1v) is 8.95. The number of nitrogens with one attached hydrogen (secondary N) is 1. The van der Waals surface area contributed by atoms with Crippen LogP contribution in [0.25, 0.3) is 10.9 Å². The van der Waals surface area contributed by atoms with Crippen LogP contribution in [-0.4, -0.2) is 16.1 Å². The molecule has 2 heterocycles. The zero-order chi connectivity index (χ0) is 20.7. The Morgan fingerprint density at radius 3 is 2.43 bits per heavy atom. The monoisotopic (exact) mass is 393 g/mol. The maximum Gasteiger partial charge on any atom is 0.394 e. The minimum Gasteiger partial charge on any atom is -0.398 e. The lowest BCUT2D eigenvalue weighted by molar-refractivity contribution is -0.224. The van der Waals surface area contributed by atoms with Gasteiger partial charge in [0.1, 0.15) is 5.82 Å². The summed E-state index contributed by atoms with van der Waals surface area (Å²) in [7, 11) is 0. The summed E-state index contributed by atoms with van der Waals surface area (Å²) in [6.07, 6.45) is -1.75.